The molecule has 0 aromatic heterocycles. The van der Waals surface area contributed by atoms with Crippen LogP contribution in [-0.2, 0) is 14.3 Å². The molecule has 1 fully saturated rings. The summed E-state index contributed by atoms with van der Waals surface area (Å²) in [6, 6.07) is 0. The number of hydrogen-bond donors (Lipinski definition) is 1. The molecule has 110 valence electrons. The molecular weight excluding hydrogens is 246 g/mol. The quantitative estimate of drug-likeness (QED) is 0.801. The first-order chi connectivity index (χ1) is 8.62. The minimum Gasteiger partial charge on any atom is -0.467 e. The molecule has 5 heteroatoms. The Bertz CT molecular complexity index is 359. The number of carbonyl (C=O) groups is 2. The van der Waals surface area contributed by atoms with Crippen LogP contribution in [0.2, 0.25) is 0 Å². The van der Waals surface area contributed by atoms with Crippen LogP contribution in [0.4, 0.5) is 4.79 Å². The monoisotopic (exact) mass is 271 g/mol. The van der Waals surface area contributed by atoms with Crippen molar-refractivity contribution < 1.29 is 19.1 Å². The normalized spacial score (nSPS) is 26.6. The fourth-order valence-corrected chi connectivity index (χ4v) is 2.63. The lowest BCUT2D eigenvalue weighted by Gasteiger charge is -2.49. The molecule has 2 atom stereocenters. The number of nitrogens with one attached hydrogen (secondary N) is 1. The number of rotatable bonds is 3. The van der Waals surface area contributed by atoms with E-state index in [0.29, 0.717) is 12.3 Å². The summed E-state index contributed by atoms with van der Waals surface area (Å²) in [5, 5.41) is 2.73. The van der Waals surface area contributed by atoms with Gasteiger partial charge in [-0.15, -0.1) is 0 Å². The van der Waals surface area contributed by atoms with E-state index in [4.69, 9.17) is 9.47 Å². The van der Waals surface area contributed by atoms with Crippen molar-refractivity contribution in [2.75, 3.05) is 7.11 Å². The molecule has 1 amide bonds. The lowest BCUT2D eigenvalue weighted by atomic mass is 9.62. The molecule has 0 saturated heterocycles. The predicted octanol–water partition coefficient (Wildman–Crippen LogP) is 2.49. The van der Waals surface area contributed by atoms with Crippen molar-refractivity contribution in [3.05, 3.63) is 0 Å². The van der Waals surface area contributed by atoms with Crippen LogP contribution in [-0.4, -0.2) is 30.3 Å². The van der Waals surface area contributed by atoms with Crippen LogP contribution in [0.3, 0.4) is 0 Å². The second-order valence-electron chi connectivity index (χ2n) is 6.48. The van der Waals surface area contributed by atoms with E-state index < -0.39 is 17.2 Å². The molecule has 0 aromatic rings. The van der Waals surface area contributed by atoms with Gasteiger partial charge in [0.1, 0.15) is 11.1 Å². The van der Waals surface area contributed by atoms with Crippen LogP contribution >= 0.6 is 0 Å². The number of ether oxygens (including phenoxy) is 2. The molecule has 1 rings (SSSR count). The largest absolute Gasteiger partial charge is 0.467 e. The highest BCUT2D eigenvalue weighted by molar-refractivity contribution is 5.87. The molecule has 0 bridgehead atoms. The zero-order valence-electron chi connectivity index (χ0n) is 12.7. The molecule has 1 aliphatic rings. The van der Waals surface area contributed by atoms with Crippen LogP contribution in [0, 0.1) is 11.8 Å². The Labute approximate surface area is 115 Å². The van der Waals surface area contributed by atoms with Crippen molar-refractivity contribution in [1.29, 1.82) is 0 Å². The van der Waals surface area contributed by atoms with E-state index in [0.717, 1.165) is 6.42 Å². The second-order valence-corrected chi connectivity index (χ2v) is 6.48. The molecule has 1 aliphatic carbocycles. The highest BCUT2D eigenvalue weighted by atomic mass is 16.6. The van der Waals surface area contributed by atoms with Crippen LogP contribution in [0.15, 0.2) is 0 Å². The first kappa shape index (κ1) is 15.8. The smallest absolute Gasteiger partial charge is 0.408 e. The first-order valence-corrected chi connectivity index (χ1v) is 6.72. The molecule has 0 aromatic carbocycles. The van der Waals surface area contributed by atoms with Crippen molar-refractivity contribution in [3.8, 4) is 0 Å². The SMILES string of the molecule is COC(=O)C1(NC(=O)OC(C)(C)C)CCC1C(C)C. The van der Waals surface area contributed by atoms with Gasteiger partial charge < -0.3 is 14.8 Å². The Balaban J connectivity index is 2.83. The number of carbonyl (C=O) groups excluding carboxylic acids is 2. The summed E-state index contributed by atoms with van der Waals surface area (Å²) in [6.07, 6.45) is 0.938. The van der Waals surface area contributed by atoms with Crippen molar-refractivity contribution in [1.82, 2.24) is 5.32 Å². The van der Waals surface area contributed by atoms with Gasteiger partial charge in [0.15, 0.2) is 0 Å². The van der Waals surface area contributed by atoms with Crippen molar-refractivity contribution in [3.63, 3.8) is 0 Å². The van der Waals surface area contributed by atoms with Crippen molar-refractivity contribution in [2.24, 2.45) is 11.8 Å². The average Bonchev–Trinajstić information content (AvgIpc) is 2.19. The molecule has 19 heavy (non-hydrogen) atoms. The summed E-state index contributed by atoms with van der Waals surface area (Å²) < 4.78 is 10.1. The lowest BCUT2D eigenvalue weighted by Crippen LogP contribution is -2.67. The molecule has 2 unspecified atom stereocenters. The zero-order valence-corrected chi connectivity index (χ0v) is 12.7. The van der Waals surface area contributed by atoms with E-state index in [9.17, 15) is 9.59 Å². The third-order valence-corrected chi connectivity index (χ3v) is 3.56. The number of alkyl carbamates (subject to hydrolysis) is 1. The topological polar surface area (TPSA) is 64.6 Å². The Kier molecular flexibility index (Phi) is 4.48. The molecule has 5 nitrogen and oxygen atoms in total. The number of methoxy groups -OCH3 is 1. The van der Waals surface area contributed by atoms with Gasteiger partial charge in [-0.05, 0) is 45.4 Å². The molecule has 1 saturated carbocycles. The van der Waals surface area contributed by atoms with Gasteiger partial charge in [0, 0.05) is 0 Å². The second kappa shape index (κ2) is 5.39. The molecule has 0 spiro atoms. The fraction of sp³-hybridized carbons (Fsp3) is 0.857. The van der Waals surface area contributed by atoms with Gasteiger partial charge in [-0.25, -0.2) is 9.59 Å². The molecular formula is C14H25NO4. The minimum absolute atomic E-state index is 0.0902. The summed E-state index contributed by atoms with van der Waals surface area (Å²) in [5.41, 5.74) is -1.51. The molecule has 0 aliphatic heterocycles. The minimum atomic E-state index is -0.925. The van der Waals surface area contributed by atoms with Gasteiger partial charge in [-0.3, -0.25) is 0 Å². The van der Waals surface area contributed by atoms with Crippen molar-refractivity contribution in [2.45, 2.75) is 58.6 Å². The Hall–Kier alpha value is -1.26. The molecule has 0 radical (unpaired) electrons. The van der Waals surface area contributed by atoms with Gasteiger partial charge in [0.2, 0.25) is 0 Å². The van der Waals surface area contributed by atoms with E-state index >= 15 is 0 Å². The van der Waals surface area contributed by atoms with E-state index in [-0.39, 0.29) is 11.9 Å². The highest BCUT2D eigenvalue weighted by Crippen LogP contribution is 2.44. The zero-order chi connectivity index (χ0) is 14.8. The maximum atomic E-state index is 12.0. The van der Waals surface area contributed by atoms with Gasteiger partial charge in [-0.1, -0.05) is 13.8 Å². The summed E-state index contributed by atoms with van der Waals surface area (Å²) in [6.45, 7) is 9.45. The number of esters is 1. The van der Waals surface area contributed by atoms with Crippen LogP contribution in [0.5, 0.6) is 0 Å². The third kappa shape index (κ3) is 3.39. The summed E-state index contributed by atoms with van der Waals surface area (Å²) in [4.78, 5) is 24.0. The first-order valence-electron chi connectivity index (χ1n) is 6.72. The maximum absolute atomic E-state index is 12.0. The molecule has 1 N–H and O–H groups in total. The average molecular weight is 271 g/mol. The predicted molar refractivity (Wildman–Crippen MR) is 71.7 cm³/mol. The van der Waals surface area contributed by atoms with E-state index in [1.54, 1.807) is 20.8 Å². The molecule has 0 heterocycles. The van der Waals surface area contributed by atoms with Crippen LogP contribution < -0.4 is 5.32 Å². The third-order valence-electron chi connectivity index (χ3n) is 3.56. The summed E-state index contributed by atoms with van der Waals surface area (Å²) in [5.74, 6) is -0.00133. The van der Waals surface area contributed by atoms with Crippen molar-refractivity contribution >= 4 is 12.1 Å². The van der Waals surface area contributed by atoms with Gasteiger partial charge >= 0.3 is 12.1 Å². The highest BCUT2D eigenvalue weighted by Gasteiger charge is 2.56. The van der Waals surface area contributed by atoms with E-state index in [2.05, 4.69) is 5.32 Å². The fourth-order valence-electron chi connectivity index (χ4n) is 2.63. The Morgan fingerprint density at radius 2 is 1.89 bits per heavy atom. The van der Waals surface area contributed by atoms with E-state index in [1.807, 2.05) is 13.8 Å². The van der Waals surface area contributed by atoms with Gasteiger partial charge in [0.05, 0.1) is 7.11 Å². The van der Waals surface area contributed by atoms with Gasteiger partial charge in [-0.2, -0.15) is 0 Å². The Morgan fingerprint density at radius 1 is 1.32 bits per heavy atom. The van der Waals surface area contributed by atoms with Crippen LogP contribution in [0.1, 0.15) is 47.5 Å². The standard InChI is InChI=1S/C14H25NO4/c1-9(2)10-7-8-14(10,11(16)18-6)15-12(17)19-13(3,4)5/h9-10H,7-8H2,1-6H3,(H,15,17). The maximum Gasteiger partial charge on any atom is 0.408 e. The van der Waals surface area contributed by atoms with E-state index in [1.165, 1.54) is 7.11 Å². The van der Waals surface area contributed by atoms with Gasteiger partial charge in [0.25, 0.3) is 0 Å². The van der Waals surface area contributed by atoms with Crippen LogP contribution in [0.25, 0.3) is 0 Å². The summed E-state index contributed by atoms with van der Waals surface area (Å²) in [7, 11) is 1.34. The Morgan fingerprint density at radius 3 is 2.21 bits per heavy atom. The summed E-state index contributed by atoms with van der Waals surface area (Å²) >= 11 is 0. The number of hydrogen-bond acceptors (Lipinski definition) is 4. The lowest BCUT2D eigenvalue weighted by molar-refractivity contribution is -0.158. The number of amides is 1.